The first-order valence-corrected chi connectivity index (χ1v) is 9.38. The van der Waals surface area contributed by atoms with Gasteiger partial charge in [0.15, 0.2) is 6.17 Å². The Bertz CT molecular complexity index is 525. The Morgan fingerprint density at radius 2 is 1.78 bits per heavy atom. The van der Waals surface area contributed by atoms with E-state index in [-0.39, 0.29) is 28.9 Å². The van der Waals surface area contributed by atoms with Crippen LogP contribution in [0.2, 0.25) is 0 Å². The zero-order chi connectivity index (χ0) is 16.6. The van der Waals surface area contributed by atoms with Gasteiger partial charge in [-0.25, -0.2) is 4.39 Å². The minimum absolute atomic E-state index is 0.0653. The summed E-state index contributed by atoms with van der Waals surface area (Å²) in [4.78, 5) is 13.8. The maximum atomic E-state index is 14.4. The van der Waals surface area contributed by atoms with Crippen molar-refractivity contribution in [3.8, 4) is 0 Å². The van der Waals surface area contributed by atoms with E-state index in [0.29, 0.717) is 24.2 Å². The van der Waals surface area contributed by atoms with Crippen LogP contribution in [-0.4, -0.2) is 41.3 Å². The summed E-state index contributed by atoms with van der Waals surface area (Å²) in [6.45, 7) is 4.51. The van der Waals surface area contributed by atoms with Crippen molar-refractivity contribution in [3.63, 3.8) is 0 Å². The van der Waals surface area contributed by atoms with Gasteiger partial charge in [-0.2, -0.15) is 0 Å². The lowest BCUT2D eigenvalue weighted by atomic mass is 9.47. The lowest BCUT2D eigenvalue weighted by molar-refractivity contribution is -0.170. The zero-order valence-electron chi connectivity index (χ0n) is 14.6. The molecule has 0 radical (unpaired) electrons. The topological polar surface area (TPSA) is 40.5 Å². The average molecular weight is 323 g/mol. The number of carbonyl (C=O) groups is 1. The van der Waals surface area contributed by atoms with Gasteiger partial charge >= 0.3 is 0 Å². The molecule has 23 heavy (non-hydrogen) atoms. The highest BCUT2D eigenvalue weighted by Gasteiger charge is 2.62. The summed E-state index contributed by atoms with van der Waals surface area (Å²) in [5, 5.41) is 10.5. The molecule has 3 nitrogen and oxygen atoms in total. The maximum absolute atomic E-state index is 14.4. The van der Waals surface area contributed by atoms with E-state index >= 15 is 0 Å². The summed E-state index contributed by atoms with van der Waals surface area (Å²) in [5.74, 6) is 1.36. The van der Waals surface area contributed by atoms with Crippen LogP contribution < -0.4 is 0 Å². The van der Waals surface area contributed by atoms with E-state index in [9.17, 15) is 14.3 Å². The van der Waals surface area contributed by atoms with Gasteiger partial charge in [0.25, 0.3) is 5.91 Å². The van der Waals surface area contributed by atoms with Gasteiger partial charge in [-0.1, -0.05) is 13.8 Å². The number of hydrogen-bond donors (Lipinski definition) is 1. The Hall–Kier alpha value is -0.640. The number of carbonyl (C=O) groups excluding carboxylic acids is 1. The number of halogens is 1. The number of aliphatic hydroxyl groups excluding tert-OH is 1. The average Bonchev–Trinajstić information content (AvgIpc) is 2.80. The number of fused-ring (bicyclic) bond motifs is 5. The molecular formula is C19H30FNO2. The smallest absolute Gasteiger partial charge is 0.257 e. The molecule has 1 saturated heterocycles. The predicted molar refractivity (Wildman–Crippen MR) is 86.5 cm³/mol. The number of amides is 1. The number of hydrogen-bond acceptors (Lipinski definition) is 2. The van der Waals surface area contributed by atoms with Crippen LogP contribution in [0, 0.1) is 28.6 Å². The van der Waals surface area contributed by atoms with Gasteiger partial charge < -0.3 is 10.0 Å². The minimum Gasteiger partial charge on any atom is -0.393 e. The molecular weight excluding hydrogens is 293 g/mol. The Morgan fingerprint density at radius 3 is 2.52 bits per heavy atom. The lowest BCUT2D eigenvalue weighted by Crippen LogP contribution is -2.64. The third-order valence-corrected chi connectivity index (χ3v) is 8.47. The molecule has 1 heterocycles. The molecule has 4 rings (SSSR count). The monoisotopic (exact) mass is 323 g/mol. The summed E-state index contributed by atoms with van der Waals surface area (Å²) >= 11 is 0. The summed E-state index contributed by atoms with van der Waals surface area (Å²) in [6, 6.07) is 0.193. The second-order valence-corrected chi connectivity index (χ2v) is 9.23. The molecule has 1 amide bonds. The first-order chi connectivity index (χ1) is 10.8. The van der Waals surface area contributed by atoms with E-state index in [0.717, 1.165) is 38.5 Å². The second-order valence-electron chi connectivity index (χ2n) is 9.23. The number of likely N-dealkylation sites (tertiary alicyclic amines) is 1. The first-order valence-electron chi connectivity index (χ1n) is 9.38. The van der Waals surface area contributed by atoms with Crippen LogP contribution in [0.5, 0.6) is 0 Å². The number of rotatable bonds is 0. The van der Waals surface area contributed by atoms with Crippen LogP contribution in [0.25, 0.3) is 0 Å². The molecule has 4 aliphatic rings. The van der Waals surface area contributed by atoms with E-state index in [1.54, 1.807) is 11.9 Å². The Labute approximate surface area is 138 Å². The second kappa shape index (κ2) is 4.93. The van der Waals surface area contributed by atoms with Gasteiger partial charge in [0.1, 0.15) is 0 Å². The van der Waals surface area contributed by atoms with E-state index in [1.165, 1.54) is 0 Å². The molecule has 0 bridgehead atoms. The zero-order valence-corrected chi connectivity index (χ0v) is 14.6. The molecule has 8 atom stereocenters. The van der Waals surface area contributed by atoms with Crippen molar-refractivity contribution in [2.45, 2.75) is 77.1 Å². The van der Waals surface area contributed by atoms with Crippen LogP contribution in [-0.2, 0) is 4.79 Å². The van der Waals surface area contributed by atoms with Gasteiger partial charge in [-0.15, -0.1) is 0 Å². The third kappa shape index (κ3) is 1.93. The van der Waals surface area contributed by atoms with Crippen molar-refractivity contribution in [3.05, 3.63) is 0 Å². The van der Waals surface area contributed by atoms with Crippen molar-refractivity contribution in [2.75, 3.05) is 7.05 Å². The highest BCUT2D eigenvalue weighted by atomic mass is 19.1. The number of alkyl halides is 1. The van der Waals surface area contributed by atoms with Crippen LogP contribution in [0.15, 0.2) is 0 Å². The molecule has 0 aromatic rings. The molecule has 1 aliphatic heterocycles. The van der Waals surface area contributed by atoms with Gasteiger partial charge in [0.05, 0.1) is 6.10 Å². The molecule has 3 aliphatic carbocycles. The summed E-state index contributed by atoms with van der Waals surface area (Å²) in [5.41, 5.74) is -0.0320. The highest BCUT2D eigenvalue weighted by Crippen LogP contribution is 2.64. The SMILES string of the molecule is CN1C(=O)C(F)C[C@]2(C)[C@H]3CC[C@]4(C)[C@@H](O)CC[C@H]4[C@@H]3CC[C@@H]12. The number of aliphatic hydroxyl groups is 1. The van der Waals surface area contributed by atoms with E-state index in [1.807, 2.05) is 0 Å². The molecule has 3 saturated carbocycles. The lowest BCUT2D eigenvalue weighted by Gasteiger charge is -2.61. The minimum atomic E-state index is -1.33. The van der Waals surface area contributed by atoms with Crippen molar-refractivity contribution in [2.24, 2.45) is 28.6 Å². The third-order valence-electron chi connectivity index (χ3n) is 8.47. The molecule has 4 fully saturated rings. The van der Waals surface area contributed by atoms with Gasteiger partial charge in [0, 0.05) is 13.1 Å². The number of nitrogens with zero attached hydrogens (tertiary/aromatic N) is 1. The Morgan fingerprint density at radius 1 is 1.09 bits per heavy atom. The normalized spacial score (nSPS) is 56.0. The van der Waals surface area contributed by atoms with Crippen molar-refractivity contribution in [1.82, 2.24) is 4.90 Å². The Balaban J connectivity index is 1.67. The largest absolute Gasteiger partial charge is 0.393 e. The standard InChI is InChI=1S/C19H30FNO2/c1-18-9-8-13-11(12(18)5-7-16(18)22)4-6-15-19(13,2)10-14(20)17(23)21(15)3/h11-16,22H,4-10H2,1-3H3/t11-,12-,13-,14?,15+,16-,18-,19+/m0/s1. The molecule has 4 heteroatoms. The van der Waals surface area contributed by atoms with Crippen LogP contribution in [0.4, 0.5) is 4.39 Å². The highest BCUT2D eigenvalue weighted by molar-refractivity contribution is 5.82. The molecule has 0 aromatic carbocycles. The van der Waals surface area contributed by atoms with Crippen molar-refractivity contribution < 1.29 is 14.3 Å². The van der Waals surface area contributed by atoms with Gasteiger partial charge in [0.2, 0.25) is 0 Å². The molecule has 130 valence electrons. The van der Waals surface area contributed by atoms with Crippen LogP contribution >= 0.6 is 0 Å². The van der Waals surface area contributed by atoms with Crippen molar-refractivity contribution in [1.29, 1.82) is 0 Å². The number of piperidine rings is 1. The van der Waals surface area contributed by atoms with Crippen molar-refractivity contribution >= 4 is 5.91 Å². The van der Waals surface area contributed by atoms with Crippen LogP contribution in [0.3, 0.4) is 0 Å². The summed E-state index contributed by atoms with van der Waals surface area (Å²) < 4.78 is 14.4. The first kappa shape index (κ1) is 15.9. The van der Waals surface area contributed by atoms with E-state index in [4.69, 9.17) is 0 Å². The fourth-order valence-electron chi connectivity index (χ4n) is 7.18. The fraction of sp³-hybridized carbons (Fsp3) is 0.947. The molecule has 0 aromatic heterocycles. The predicted octanol–water partition coefficient (Wildman–Crippen LogP) is 3.16. The van der Waals surface area contributed by atoms with Gasteiger partial charge in [-0.05, 0) is 73.5 Å². The molecule has 1 unspecified atom stereocenters. The quantitative estimate of drug-likeness (QED) is 0.744. The molecule has 0 spiro atoms. The van der Waals surface area contributed by atoms with Crippen LogP contribution in [0.1, 0.15) is 58.8 Å². The van der Waals surface area contributed by atoms with Gasteiger partial charge in [-0.3, -0.25) is 4.79 Å². The molecule has 1 N–H and O–H groups in total. The van der Waals surface area contributed by atoms with E-state index in [2.05, 4.69) is 13.8 Å². The van der Waals surface area contributed by atoms with E-state index < -0.39 is 6.17 Å². The summed E-state index contributed by atoms with van der Waals surface area (Å²) in [6.07, 6.45) is 5.21. The fourth-order valence-corrected chi connectivity index (χ4v) is 7.18. The summed E-state index contributed by atoms with van der Waals surface area (Å²) in [7, 11) is 1.80. The maximum Gasteiger partial charge on any atom is 0.257 e. The Kier molecular flexibility index (Phi) is 3.40.